The summed E-state index contributed by atoms with van der Waals surface area (Å²) in [5, 5.41) is 3.54. The highest BCUT2D eigenvalue weighted by molar-refractivity contribution is 5.81. The van der Waals surface area contributed by atoms with Gasteiger partial charge in [0.1, 0.15) is 0 Å². The minimum atomic E-state index is 0.234. The lowest BCUT2D eigenvalue weighted by atomic mass is 9.99. The molecular weight excluding hydrogens is 162 g/mol. The Hall–Kier alpha value is -0.730. The van der Waals surface area contributed by atoms with Gasteiger partial charge < -0.3 is 10.2 Å². The summed E-state index contributed by atoms with van der Waals surface area (Å²) < 4.78 is 0. The number of hydrogen-bond donors (Lipinski definition) is 1. The van der Waals surface area contributed by atoms with Crippen molar-refractivity contribution in [3.05, 3.63) is 0 Å². The molecule has 2 rings (SSSR count). The largest absolute Gasteiger partial charge is 0.351 e. The second kappa shape index (κ2) is 2.89. The zero-order valence-corrected chi connectivity index (χ0v) is 8.80. The Morgan fingerprint density at radius 1 is 1.46 bits per heavy atom. The predicted molar refractivity (Wildman–Crippen MR) is 54.9 cm³/mol. The first-order chi connectivity index (χ1) is 6.09. The monoisotopic (exact) mass is 181 g/mol. The molecule has 74 valence electrons. The van der Waals surface area contributed by atoms with Crippen molar-refractivity contribution in [2.45, 2.75) is 32.2 Å². The second-order valence-corrected chi connectivity index (χ2v) is 4.75. The molecule has 0 aromatic rings. The first-order valence-corrected chi connectivity index (χ1v) is 5.13. The van der Waals surface area contributed by atoms with Crippen LogP contribution in [0.25, 0.3) is 0 Å². The molecule has 1 saturated carbocycles. The quantitative estimate of drug-likeness (QED) is 0.690. The molecule has 13 heavy (non-hydrogen) atoms. The van der Waals surface area contributed by atoms with Crippen LogP contribution in [0.15, 0.2) is 4.99 Å². The SMILES string of the molecule is CN1CCN=C1NC(C)(C)C1CC1. The molecule has 0 aromatic heterocycles. The van der Waals surface area contributed by atoms with Crippen molar-refractivity contribution >= 4 is 5.96 Å². The maximum Gasteiger partial charge on any atom is 0.194 e. The van der Waals surface area contributed by atoms with Crippen LogP contribution in [0.5, 0.6) is 0 Å². The van der Waals surface area contributed by atoms with Crippen molar-refractivity contribution in [3.8, 4) is 0 Å². The summed E-state index contributed by atoms with van der Waals surface area (Å²) in [6.07, 6.45) is 2.74. The van der Waals surface area contributed by atoms with Gasteiger partial charge in [-0.2, -0.15) is 0 Å². The van der Waals surface area contributed by atoms with Gasteiger partial charge in [0.2, 0.25) is 0 Å². The Balaban J connectivity index is 1.96. The van der Waals surface area contributed by atoms with Crippen molar-refractivity contribution in [1.82, 2.24) is 10.2 Å². The molecule has 0 atom stereocenters. The van der Waals surface area contributed by atoms with Crippen LogP contribution in [0.1, 0.15) is 26.7 Å². The Morgan fingerprint density at radius 2 is 2.15 bits per heavy atom. The lowest BCUT2D eigenvalue weighted by Crippen LogP contribution is -2.49. The van der Waals surface area contributed by atoms with Crippen molar-refractivity contribution in [1.29, 1.82) is 0 Å². The lowest BCUT2D eigenvalue weighted by molar-refractivity contribution is 0.380. The van der Waals surface area contributed by atoms with E-state index in [2.05, 4.69) is 36.1 Å². The second-order valence-electron chi connectivity index (χ2n) is 4.75. The van der Waals surface area contributed by atoms with Crippen molar-refractivity contribution < 1.29 is 0 Å². The average Bonchev–Trinajstić information content (AvgIpc) is 2.80. The van der Waals surface area contributed by atoms with E-state index in [4.69, 9.17) is 0 Å². The highest BCUT2D eigenvalue weighted by Gasteiger charge is 2.38. The molecule has 0 spiro atoms. The normalized spacial score (nSPS) is 23.3. The fourth-order valence-corrected chi connectivity index (χ4v) is 1.86. The van der Waals surface area contributed by atoms with Crippen LogP contribution in [-0.2, 0) is 0 Å². The Labute approximate surface area is 80.2 Å². The Bertz CT molecular complexity index is 228. The molecule has 2 aliphatic rings. The number of nitrogens with zero attached hydrogens (tertiary/aromatic N) is 2. The summed E-state index contributed by atoms with van der Waals surface area (Å²) in [5.74, 6) is 1.93. The van der Waals surface area contributed by atoms with Crippen LogP contribution in [0.3, 0.4) is 0 Å². The molecule has 0 radical (unpaired) electrons. The van der Waals surface area contributed by atoms with Gasteiger partial charge in [0, 0.05) is 19.1 Å². The van der Waals surface area contributed by atoms with Gasteiger partial charge in [-0.25, -0.2) is 0 Å². The van der Waals surface area contributed by atoms with Crippen molar-refractivity contribution in [2.75, 3.05) is 20.1 Å². The van der Waals surface area contributed by atoms with Gasteiger partial charge in [-0.1, -0.05) is 0 Å². The van der Waals surface area contributed by atoms with Gasteiger partial charge >= 0.3 is 0 Å². The Morgan fingerprint density at radius 3 is 2.62 bits per heavy atom. The average molecular weight is 181 g/mol. The minimum Gasteiger partial charge on any atom is -0.351 e. The maximum atomic E-state index is 4.44. The van der Waals surface area contributed by atoms with Crippen molar-refractivity contribution in [2.24, 2.45) is 10.9 Å². The summed E-state index contributed by atoms with van der Waals surface area (Å²) >= 11 is 0. The topological polar surface area (TPSA) is 27.6 Å². The van der Waals surface area contributed by atoms with Crippen LogP contribution in [-0.4, -0.2) is 36.5 Å². The highest BCUT2D eigenvalue weighted by atomic mass is 15.3. The fourth-order valence-electron chi connectivity index (χ4n) is 1.86. The third-order valence-electron chi connectivity index (χ3n) is 3.09. The van der Waals surface area contributed by atoms with Crippen LogP contribution in [0, 0.1) is 5.92 Å². The van der Waals surface area contributed by atoms with Crippen molar-refractivity contribution in [3.63, 3.8) is 0 Å². The molecule has 1 N–H and O–H groups in total. The zero-order valence-electron chi connectivity index (χ0n) is 8.80. The van der Waals surface area contributed by atoms with Gasteiger partial charge in [0.05, 0.1) is 6.54 Å². The molecule has 1 fully saturated rings. The van der Waals surface area contributed by atoms with Crippen LogP contribution >= 0.6 is 0 Å². The fraction of sp³-hybridized carbons (Fsp3) is 0.900. The number of guanidine groups is 1. The summed E-state index contributed by atoms with van der Waals surface area (Å²) in [4.78, 5) is 6.64. The van der Waals surface area contributed by atoms with Gasteiger partial charge in [0.15, 0.2) is 5.96 Å². The number of hydrogen-bond acceptors (Lipinski definition) is 3. The first-order valence-electron chi connectivity index (χ1n) is 5.13. The van der Waals surface area contributed by atoms with E-state index in [0.717, 1.165) is 25.0 Å². The summed E-state index contributed by atoms with van der Waals surface area (Å²) in [7, 11) is 2.10. The molecule has 0 bridgehead atoms. The van der Waals surface area contributed by atoms with Gasteiger partial charge in [-0.3, -0.25) is 4.99 Å². The zero-order chi connectivity index (χ0) is 9.47. The number of nitrogens with one attached hydrogen (secondary N) is 1. The lowest BCUT2D eigenvalue weighted by Gasteiger charge is -2.29. The van der Waals surface area contributed by atoms with Gasteiger partial charge in [-0.15, -0.1) is 0 Å². The number of likely N-dealkylation sites (N-methyl/N-ethyl adjacent to an activating group) is 1. The Kier molecular flexibility index (Phi) is 1.97. The number of aliphatic imine (C=N–C) groups is 1. The van der Waals surface area contributed by atoms with E-state index >= 15 is 0 Å². The molecule has 0 amide bonds. The molecule has 3 heteroatoms. The summed E-state index contributed by atoms with van der Waals surface area (Å²) in [6.45, 7) is 6.56. The van der Waals surface area contributed by atoms with Gasteiger partial charge in [0.25, 0.3) is 0 Å². The standard InChI is InChI=1S/C10H19N3/c1-10(2,8-4-5-8)12-9-11-6-7-13(9)3/h8H,4-7H2,1-3H3,(H,11,12). The highest BCUT2D eigenvalue weighted by Crippen LogP contribution is 2.39. The first kappa shape index (κ1) is 8.85. The molecule has 0 unspecified atom stereocenters. The van der Waals surface area contributed by atoms with E-state index in [1.165, 1.54) is 12.8 Å². The molecule has 1 aliphatic heterocycles. The van der Waals surface area contributed by atoms with Gasteiger partial charge in [-0.05, 0) is 32.6 Å². The smallest absolute Gasteiger partial charge is 0.194 e. The summed E-state index contributed by atoms with van der Waals surface area (Å²) in [6, 6.07) is 0. The van der Waals surface area contributed by atoms with E-state index in [9.17, 15) is 0 Å². The molecule has 1 heterocycles. The van der Waals surface area contributed by atoms with E-state index in [1.54, 1.807) is 0 Å². The molecule has 0 saturated heterocycles. The van der Waals surface area contributed by atoms with E-state index in [-0.39, 0.29) is 5.54 Å². The van der Waals surface area contributed by atoms with E-state index < -0.39 is 0 Å². The molecule has 0 aromatic carbocycles. The predicted octanol–water partition coefficient (Wildman–Crippen LogP) is 1.07. The minimum absolute atomic E-state index is 0.234. The van der Waals surface area contributed by atoms with E-state index in [1.807, 2.05) is 0 Å². The third kappa shape index (κ3) is 1.79. The molecule has 1 aliphatic carbocycles. The summed E-state index contributed by atoms with van der Waals surface area (Å²) in [5.41, 5.74) is 0.234. The van der Waals surface area contributed by atoms with E-state index in [0.29, 0.717) is 0 Å². The third-order valence-corrected chi connectivity index (χ3v) is 3.09. The van der Waals surface area contributed by atoms with Crippen LogP contribution < -0.4 is 5.32 Å². The maximum absolute atomic E-state index is 4.44. The van der Waals surface area contributed by atoms with Crippen LogP contribution in [0.4, 0.5) is 0 Å². The number of rotatable bonds is 2. The van der Waals surface area contributed by atoms with Crippen LogP contribution in [0.2, 0.25) is 0 Å². The molecule has 3 nitrogen and oxygen atoms in total. The molecular formula is C10H19N3.